The van der Waals surface area contributed by atoms with Crippen LogP contribution in [-0.4, -0.2) is 37.6 Å². The molecule has 0 bridgehead atoms. The van der Waals surface area contributed by atoms with Crippen molar-refractivity contribution in [2.75, 3.05) is 25.5 Å². The van der Waals surface area contributed by atoms with Crippen LogP contribution in [0.3, 0.4) is 0 Å². The first-order valence-electron chi connectivity index (χ1n) is 6.29. The van der Waals surface area contributed by atoms with Crippen molar-refractivity contribution in [2.45, 2.75) is 25.4 Å². The maximum atomic E-state index is 11.7. The Labute approximate surface area is 108 Å². The minimum absolute atomic E-state index is 0.0705. The molecule has 1 aromatic rings. The molecule has 0 atom stereocenters. The Hall–Kier alpha value is -1.62. The molecule has 0 aliphatic heterocycles. The molecule has 0 spiro atoms. The van der Waals surface area contributed by atoms with Gasteiger partial charge in [0.2, 0.25) is 5.91 Å². The van der Waals surface area contributed by atoms with Gasteiger partial charge in [-0.1, -0.05) is 6.07 Å². The second kappa shape index (κ2) is 5.82. The number of carbonyl (C=O) groups excluding carboxylic acids is 1. The third-order valence-electron chi connectivity index (χ3n) is 2.90. The van der Waals surface area contributed by atoms with E-state index in [0.29, 0.717) is 12.6 Å². The molecule has 1 amide bonds. The Morgan fingerprint density at radius 1 is 1.50 bits per heavy atom. The van der Waals surface area contributed by atoms with E-state index in [0.717, 1.165) is 30.8 Å². The fourth-order valence-electron chi connectivity index (χ4n) is 1.75. The number of carbonyl (C=O) groups is 1. The van der Waals surface area contributed by atoms with Gasteiger partial charge in [0.05, 0.1) is 6.54 Å². The highest BCUT2D eigenvalue weighted by molar-refractivity contribution is 5.81. The Morgan fingerprint density at radius 2 is 2.28 bits per heavy atom. The van der Waals surface area contributed by atoms with Crippen molar-refractivity contribution in [3.8, 4) is 0 Å². The first-order chi connectivity index (χ1) is 8.69. The zero-order valence-corrected chi connectivity index (χ0v) is 10.9. The highest BCUT2D eigenvalue weighted by atomic mass is 16.2. The fourth-order valence-corrected chi connectivity index (χ4v) is 1.75. The van der Waals surface area contributed by atoms with E-state index >= 15 is 0 Å². The molecular weight excluding hydrogens is 228 g/mol. The van der Waals surface area contributed by atoms with Gasteiger partial charge in [-0.15, -0.1) is 0 Å². The quantitative estimate of drug-likeness (QED) is 0.770. The number of amides is 1. The highest BCUT2D eigenvalue weighted by Gasteiger charge is 2.23. The molecule has 2 N–H and O–H groups in total. The third-order valence-corrected chi connectivity index (χ3v) is 2.90. The van der Waals surface area contributed by atoms with Crippen LogP contribution in [0.15, 0.2) is 18.3 Å². The summed E-state index contributed by atoms with van der Waals surface area (Å²) >= 11 is 0. The predicted octanol–water partition coefficient (Wildman–Crippen LogP) is 0.516. The summed E-state index contributed by atoms with van der Waals surface area (Å²) in [6.07, 6.45) is 4.07. The van der Waals surface area contributed by atoms with Crippen molar-refractivity contribution in [1.29, 1.82) is 0 Å². The van der Waals surface area contributed by atoms with Gasteiger partial charge >= 0.3 is 0 Å². The highest BCUT2D eigenvalue weighted by Crippen LogP contribution is 2.18. The molecule has 5 heteroatoms. The summed E-state index contributed by atoms with van der Waals surface area (Å²) in [4.78, 5) is 17.9. The van der Waals surface area contributed by atoms with Gasteiger partial charge in [0.1, 0.15) is 5.82 Å². The fraction of sp³-hybridized carbons (Fsp3) is 0.538. The molecule has 0 aromatic carbocycles. The van der Waals surface area contributed by atoms with E-state index in [2.05, 4.69) is 15.6 Å². The molecular formula is C13H20N4O. The number of hydrogen-bond acceptors (Lipinski definition) is 4. The number of likely N-dealkylation sites (N-methyl/N-ethyl adjacent to an activating group) is 1. The molecule has 1 aliphatic rings. The van der Waals surface area contributed by atoms with Crippen LogP contribution in [0.25, 0.3) is 0 Å². The molecule has 1 heterocycles. The monoisotopic (exact) mass is 248 g/mol. The second-order valence-electron chi connectivity index (χ2n) is 4.75. The lowest BCUT2D eigenvalue weighted by Gasteiger charge is -2.17. The lowest BCUT2D eigenvalue weighted by atomic mass is 10.3. The second-order valence-corrected chi connectivity index (χ2v) is 4.75. The smallest absolute Gasteiger partial charge is 0.239 e. The first-order valence-corrected chi connectivity index (χ1v) is 6.29. The maximum absolute atomic E-state index is 11.7. The number of nitrogens with one attached hydrogen (secondary N) is 2. The van der Waals surface area contributed by atoms with Crippen molar-refractivity contribution in [2.24, 2.45) is 0 Å². The van der Waals surface area contributed by atoms with Gasteiger partial charge in [0, 0.05) is 25.8 Å². The van der Waals surface area contributed by atoms with Gasteiger partial charge in [-0.05, 0) is 31.5 Å². The standard InChI is InChI=1S/C13H20N4O/c1-14-7-10-3-6-12(15-8-10)17(2)9-13(18)16-11-4-5-11/h3,6,8,11,14H,4-5,7,9H2,1-2H3,(H,16,18). The van der Waals surface area contributed by atoms with E-state index in [9.17, 15) is 4.79 Å². The van der Waals surface area contributed by atoms with E-state index in [4.69, 9.17) is 0 Å². The number of pyridine rings is 1. The Balaban J connectivity index is 1.86. The third kappa shape index (κ3) is 3.70. The van der Waals surface area contributed by atoms with Crippen LogP contribution in [-0.2, 0) is 11.3 Å². The van der Waals surface area contributed by atoms with Crippen LogP contribution < -0.4 is 15.5 Å². The molecule has 18 heavy (non-hydrogen) atoms. The zero-order valence-electron chi connectivity index (χ0n) is 10.9. The van der Waals surface area contributed by atoms with Crippen LogP contribution in [0.4, 0.5) is 5.82 Å². The van der Waals surface area contributed by atoms with Crippen LogP contribution >= 0.6 is 0 Å². The number of nitrogens with zero attached hydrogens (tertiary/aromatic N) is 2. The molecule has 5 nitrogen and oxygen atoms in total. The SMILES string of the molecule is CNCc1ccc(N(C)CC(=O)NC2CC2)nc1. The minimum Gasteiger partial charge on any atom is -0.352 e. The molecule has 1 aliphatic carbocycles. The molecule has 98 valence electrons. The maximum Gasteiger partial charge on any atom is 0.239 e. The predicted molar refractivity (Wildman–Crippen MR) is 71.4 cm³/mol. The topological polar surface area (TPSA) is 57.3 Å². The van der Waals surface area contributed by atoms with E-state index in [1.807, 2.05) is 37.3 Å². The van der Waals surface area contributed by atoms with Gasteiger partial charge in [0.15, 0.2) is 0 Å². The number of anilines is 1. The van der Waals surface area contributed by atoms with Crippen LogP contribution in [0.5, 0.6) is 0 Å². The van der Waals surface area contributed by atoms with Crippen LogP contribution in [0.2, 0.25) is 0 Å². The zero-order chi connectivity index (χ0) is 13.0. The molecule has 0 radical (unpaired) electrons. The molecule has 2 rings (SSSR count). The van der Waals surface area contributed by atoms with Crippen LogP contribution in [0, 0.1) is 0 Å². The average molecular weight is 248 g/mol. The van der Waals surface area contributed by atoms with Crippen molar-refractivity contribution in [3.63, 3.8) is 0 Å². The molecule has 0 unspecified atom stereocenters. The molecule has 1 aromatic heterocycles. The van der Waals surface area contributed by atoms with Crippen molar-refractivity contribution in [1.82, 2.24) is 15.6 Å². The summed E-state index contributed by atoms with van der Waals surface area (Å²) in [5.41, 5.74) is 1.14. The summed E-state index contributed by atoms with van der Waals surface area (Å²) in [6.45, 7) is 1.16. The number of aromatic nitrogens is 1. The summed E-state index contributed by atoms with van der Waals surface area (Å²) in [5, 5.41) is 6.04. The first kappa shape index (κ1) is 12.8. The van der Waals surface area contributed by atoms with Gasteiger partial charge in [0.25, 0.3) is 0 Å². The number of hydrogen-bond donors (Lipinski definition) is 2. The molecule has 1 fully saturated rings. The summed E-state index contributed by atoms with van der Waals surface area (Å²) in [7, 11) is 3.79. The Morgan fingerprint density at radius 3 is 2.83 bits per heavy atom. The van der Waals surface area contributed by atoms with Gasteiger partial charge in [-0.3, -0.25) is 4.79 Å². The lowest BCUT2D eigenvalue weighted by molar-refractivity contribution is -0.119. The van der Waals surface area contributed by atoms with Gasteiger partial charge < -0.3 is 15.5 Å². The van der Waals surface area contributed by atoms with Crippen molar-refractivity contribution < 1.29 is 4.79 Å². The van der Waals surface area contributed by atoms with E-state index < -0.39 is 0 Å². The Kier molecular flexibility index (Phi) is 4.15. The summed E-state index contributed by atoms with van der Waals surface area (Å²) in [6, 6.07) is 4.38. The van der Waals surface area contributed by atoms with Gasteiger partial charge in [-0.2, -0.15) is 0 Å². The molecule has 0 saturated heterocycles. The summed E-state index contributed by atoms with van der Waals surface area (Å²) < 4.78 is 0. The van der Waals surface area contributed by atoms with Crippen LogP contribution in [0.1, 0.15) is 18.4 Å². The van der Waals surface area contributed by atoms with Crippen molar-refractivity contribution in [3.05, 3.63) is 23.9 Å². The van der Waals surface area contributed by atoms with E-state index in [1.54, 1.807) is 0 Å². The average Bonchev–Trinajstić information content (AvgIpc) is 3.14. The minimum atomic E-state index is 0.0705. The van der Waals surface area contributed by atoms with E-state index in [1.165, 1.54) is 0 Å². The summed E-state index contributed by atoms with van der Waals surface area (Å²) in [5.74, 6) is 0.891. The lowest BCUT2D eigenvalue weighted by Crippen LogP contribution is -2.36. The van der Waals surface area contributed by atoms with Gasteiger partial charge in [-0.25, -0.2) is 4.98 Å². The van der Waals surface area contributed by atoms with E-state index in [-0.39, 0.29) is 5.91 Å². The normalized spacial score (nSPS) is 14.3. The largest absolute Gasteiger partial charge is 0.352 e. The van der Waals surface area contributed by atoms with Crippen molar-refractivity contribution >= 4 is 11.7 Å². The number of rotatable bonds is 6. The molecule has 1 saturated carbocycles. The Bertz CT molecular complexity index is 400.